The molecule has 0 radical (unpaired) electrons. The summed E-state index contributed by atoms with van der Waals surface area (Å²) < 4.78 is 0. The smallest absolute Gasteiger partial charge is 0.163 e. The number of aryl methyl sites for hydroxylation is 1. The molecule has 1 saturated carbocycles. The van der Waals surface area contributed by atoms with Crippen molar-refractivity contribution in [3.05, 3.63) is 29.6 Å². The molecule has 0 atom stereocenters. The highest BCUT2D eigenvalue weighted by Gasteiger charge is 2.16. The van der Waals surface area contributed by atoms with E-state index in [1.165, 1.54) is 32.1 Å². The van der Waals surface area contributed by atoms with Crippen LogP contribution in [0.5, 0.6) is 0 Å². The molecule has 1 fully saturated rings. The molecule has 0 aromatic carbocycles. The first kappa shape index (κ1) is 13.3. The number of hydrogen-bond donors (Lipinski definition) is 0. The molecule has 18 heavy (non-hydrogen) atoms. The summed E-state index contributed by atoms with van der Waals surface area (Å²) in [6.07, 6.45) is 13.0. The highest BCUT2D eigenvalue weighted by atomic mass is 16.1. The van der Waals surface area contributed by atoms with E-state index in [-0.39, 0.29) is 0 Å². The van der Waals surface area contributed by atoms with E-state index in [1.54, 1.807) is 6.20 Å². The Balaban J connectivity index is 1.90. The molecule has 98 valence electrons. The fraction of sp³-hybridized carbons (Fsp3) is 0.625. The number of aromatic nitrogens is 1. The summed E-state index contributed by atoms with van der Waals surface area (Å²) in [6.45, 7) is 2.08. The monoisotopic (exact) mass is 245 g/mol. The molecule has 2 rings (SSSR count). The molecule has 0 amide bonds. The summed E-state index contributed by atoms with van der Waals surface area (Å²) in [6, 6.07) is 1.88. The van der Waals surface area contributed by atoms with Crippen molar-refractivity contribution < 1.29 is 4.79 Å². The van der Waals surface area contributed by atoms with Crippen LogP contribution in [0.1, 0.15) is 67.8 Å². The zero-order valence-electron chi connectivity index (χ0n) is 11.3. The minimum atomic E-state index is 0.305. The maximum absolute atomic E-state index is 12.2. The molecule has 0 bridgehead atoms. The van der Waals surface area contributed by atoms with Gasteiger partial charge in [0.25, 0.3) is 0 Å². The van der Waals surface area contributed by atoms with Crippen LogP contribution in [0.15, 0.2) is 18.5 Å². The van der Waals surface area contributed by atoms with Gasteiger partial charge in [-0.2, -0.15) is 0 Å². The topological polar surface area (TPSA) is 30.0 Å². The Kier molecular flexibility index (Phi) is 4.91. The van der Waals surface area contributed by atoms with Gasteiger partial charge in [0.05, 0.1) is 0 Å². The van der Waals surface area contributed by atoms with Crippen LogP contribution in [0, 0.1) is 5.92 Å². The van der Waals surface area contributed by atoms with Crippen molar-refractivity contribution in [1.82, 2.24) is 4.98 Å². The third-order valence-corrected chi connectivity index (χ3v) is 4.09. The van der Waals surface area contributed by atoms with Gasteiger partial charge >= 0.3 is 0 Å². The number of carbonyl (C=O) groups is 1. The summed E-state index contributed by atoms with van der Waals surface area (Å²) in [5.74, 6) is 1.09. The average Bonchev–Trinajstić information content (AvgIpc) is 2.45. The highest BCUT2D eigenvalue weighted by Crippen LogP contribution is 2.28. The van der Waals surface area contributed by atoms with Crippen molar-refractivity contribution in [2.24, 2.45) is 5.92 Å². The van der Waals surface area contributed by atoms with E-state index in [0.29, 0.717) is 12.2 Å². The van der Waals surface area contributed by atoms with Crippen LogP contribution in [0.25, 0.3) is 0 Å². The van der Waals surface area contributed by atoms with Gasteiger partial charge in [-0.25, -0.2) is 0 Å². The molecule has 0 saturated heterocycles. The van der Waals surface area contributed by atoms with Gasteiger partial charge in [-0.15, -0.1) is 0 Å². The fourth-order valence-corrected chi connectivity index (χ4v) is 2.93. The number of hydrogen-bond acceptors (Lipinski definition) is 2. The number of pyridine rings is 1. The quantitative estimate of drug-likeness (QED) is 0.728. The fourth-order valence-electron chi connectivity index (χ4n) is 2.93. The molecule has 0 aliphatic heterocycles. The van der Waals surface area contributed by atoms with Crippen molar-refractivity contribution in [3.8, 4) is 0 Å². The van der Waals surface area contributed by atoms with Crippen molar-refractivity contribution in [2.75, 3.05) is 0 Å². The highest BCUT2D eigenvalue weighted by molar-refractivity contribution is 5.97. The van der Waals surface area contributed by atoms with Crippen LogP contribution in [0.4, 0.5) is 0 Å². The first-order valence-corrected chi connectivity index (χ1v) is 7.27. The third-order valence-electron chi connectivity index (χ3n) is 4.09. The lowest BCUT2D eigenvalue weighted by Gasteiger charge is -2.21. The Bertz CT molecular complexity index is 394. The Labute approximate surface area is 110 Å². The first-order chi connectivity index (χ1) is 8.81. The van der Waals surface area contributed by atoms with E-state index < -0.39 is 0 Å². The molecule has 0 unspecified atom stereocenters. The number of Topliss-reactive ketones (excluding diaryl/α,β-unsaturated/α-hetero) is 1. The Hall–Kier alpha value is -1.18. The van der Waals surface area contributed by atoms with Gasteiger partial charge < -0.3 is 0 Å². The van der Waals surface area contributed by atoms with Crippen LogP contribution < -0.4 is 0 Å². The molecule has 1 aliphatic rings. The van der Waals surface area contributed by atoms with E-state index in [2.05, 4.69) is 11.9 Å². The molecule has 1 aromatic heterocycles. The van der Waals surface area contributed by atoms with Crippen molar-refractivity contribution in [1.29, 1.82) is 0 Å². The van der Waals surface area contributed by atoms with E-state index in [0.717, 1.165) is 29.9 Å². The molecule has 1 heterocycles. The van der Waals surface area contributed by atoms with Crippen molar-refractivity contribution in [3.63, 3.8) is 0 Å². The van der Waals surface area contributed by atoms with Crippen LogP contribution in [0.2, 0.25) is 0 Å². The van der Waals surface area contributed by atoms with E-state index >= 15 is 0 Å². The molecule has 1 aliphatic carbocycles. The Morgan fingerprint density at radius 1 is 1.33 bits per heavy atom. The van der Waals surface area contributed by atoms with Gasteiger partial charge in [-0.05, 0) is 30.4 Å². The molecule has 0 spiro atoms. The molecular weight excluding hydrogens is 222 g/mol. The second-order valence-electron chi connectivity index (χ2n) is 5.35. The van der Waals surface area contributed by atoms with E-state index in [4.69, 9.17) is 0 Å². The Morgan fingerprint density at radius 2 is 2.11 bits per heavy atom. The molecule has 1 aromatic rings. The van der Waals surface area contributed by atoms with Gasteiger partial charge in [0.15, 0.2) is 5.78 Å². The summed E-state index contributed by atoms with van der Waals surface area (Å²) in [7, 11) is 0. The van der Waals surface area contributed by atoms with Gasteiger partial charge in [-0.1, -0.05) is 39.0 Å². The maximum Gasteiger partial charge on any atom is 0.163 e. The predicted molar refractivity (Wildman–Crippen MR) is 73.8 cm³/mol. The largest absolute Gasteiger partial charge is 0.294 e. The summed E-state index contributed by atoms with van der Waals surface area (Å²) in [5.41, 5.74) is 1.98. The lowest BCUT2D eigenvalue weighted by Crippen LogP contribution is -2.10. The standard InChI is InChI=1S/C16H23NO/c1-2-14-12-17-11-10-15(14)16(18)9-8-13-6-4-3-5-7-13/h10-13H,2-9H2,1H3. The lowest BCUT2D eigenvalue weighted by atomic mass is 9.85. The second-order valence-corrected chi connectivity index (χ2v) is 5.35. The van der Waals surface area contributed by atoms with Crippen LogP contribution in [0.3, 0.4) is 0 Å². The maximum atomic E-state index is 12.2. The van der Waals surface area contributed by atoms with Crippen molar-refractivity contribution >= 4 is 5.78 Å². The first-order valence-electron chi connectivity index (χ1n) is 7.27. The van der Waals surface area contributed by atoms with Gasteiger partial charge in [0, 0.05) is 24.4 Å². The molecule has 0 N–H and O–H groups in total. The number of carbonyl (C=O) groups excluding carboxylic acids is 1. The zero-order chi connectivity index (χ0) is 12.8. The molecular formula is C16H23NO. The van der Waals surface area contributed by atoms with Crippen LogP contribution >= 0.6 is 0 Å². The average molecular weight is 245 g/mol. The Morgan fingerprint density at radius 3 is 2.83 bits per heavy atom. The predicted octanol–water partition coefficient (Wildman–Crippen LogP) is 4.19. The molecule has 2 nitrogen and oxygen atoms in total. The van der Waals surface area contributed by atoms with Crippen LogP contribution in [-0.4, -0.2) is 10.8 Å². The minimum Gasteiger partial charge on any atom is -0.294 e. The van der Waals surface area contributed by atoms with Gasteiger partial charge in [-0.3, -0.25) is 9.78 Å². The van der Waals surface area contributed by atoms with Gasteiger partial charge in [0.2, 0.25) is 0 Å². The van der Waals surface area contributed by atoms with Gasteiger partial charge in [0.1, 0.15) is 0 Å². The summed E-state index contributed by atoms with van der Waals surface area (Å²) >= 11 is 0. The number of rotatable bonds is 5. The number of ketones is 1. The van der Waals surface area contributed by atoms with E-state index in [1.807, 2.05) is 12.3 Å². The summed E-state index contributed by atoms with van der Waals surface area (Å²) in [5, 5.41) is 0. The van der Waals surface area contributed by atoms with Crippen LogP contribution in [-0.2, 0) is 6.42 Å². The molecule has 2 heteroatoms. The van der Waals surface area contributed by atoms with Crippen molar-refractivity contribution in [2.45, 2.75) is 58.3 Å². The summed E-state index contributed by atoms with van der Waals surface area (Å²) in [4.78, 5) is 16.3. The number of nitrogens with zero attached hydrogens (tertiary/aromatic N) is 1. The second kappa shape index (κ2) is 6.67. The SMILES string of the molecule is CCc1cnccc1C(=O)CCC1CCCCC1. The lowest BCUT2D eigenvalue weighted by molar-refractivity contribution is 0.0969. The third kappa shape index (κ3) is 3.41. The normalized spacial score (nSPS) is 16.7. The van der Waals surface area contributed by atoms with E-state index in [9.17, 15) is 4.79 Å². The zero-order valence-corrected chi connectivity index (χ0v) is 11.3. The minimum absolute atomic E-state index is 0.305.